The Morgan fingerprint density at radius 3 is 2.63 bits per heavy atom. The molecule has 1 aliphatic carbocycles. The first kappa shape index (κ1) is 19.2. The first-order valence-corrected chi connectivity index (χ1v) is 10.6. The highest BCUT2D eigenvalue weighted by Gasteiger charge is 2.52. The Hall–Kier alpha value is -2.79. The number of benzene rings is 2. The molecule has 5 rings (SSSR count). The van der Waals surface area contributed by atoms with E-state index in [-0.39, 0.29) is 24.8 Å². The number of aromatic amines is 2. The first-order valence-electron chi connectivity index (χ1n) is 9.56. The molecule has 0 atom stereocenters. The number of fused-ring (bicyclic) bond motifs is 1. The minimum Gasteiger partial charge on any atom is -0.493 e. The highest BCUT2D eigenvalue weighted by Crippen LogP contribution is 2.50. The van der Waals surface area contributed by atoms with Crippen molar-refractivity contribution in [2.75, 3.05) is 13.2 Å². The van der Waals surface area contributed by atoms with Crippen LogP contribution in [0.4, 0.5) is 0 Å². The first-order chi connectivity index (χ1) is 14.5. The van der Waals surface area contributed by atoms with Gasteiger partial charge in [0.2, 0.25) is 5.88 Å². The molecule has 1 fully saturated rings. The second-order valence-corrected chi connectivity index (χ2v) is 8.58. The standard InChI is InChI=1S/C21H19IN4O4/c22-13-3-6-15-16(11-13)24-19(23-15)21(7-8-21)26-18(28)17(25-20(26)29)12-1-4-14(5-2-12)30-10-9-27/h1-6,11,27-28H,7-10H2,(H,23,24)(H,25,29). The van der Waals surface area contributed by atoms with E-state index in [1.165, 1.54) is 4.57 Å². The monoisotopic (exact) mass is 518 g/mol. The van der Waals surface area contributed by atoms with Crippen LogP contribution in [0.5, 0.6) is 11.6 Å². The van der Waals surface area contributed by atoms with E-state index in [0.717, 1.165) is 14.6 Å². The average Bonchev–Trinajstić information content (AvgIpc) is 3.32. The maximum absolute atomic E-state index is 12.8. The molecule has 0 saturated heterocycles. The summed E-state index contributed by atoms with van der Waals surface area (Å²) in [4.78, 5) is 23.6. The van der Waals surface area contributed by atoms with Crippen molar-refractivity contribution in [1.29, 1.82) is 0 Å². The number of nitrogens with zero attached hydrogens (tertiary/aromatic N) is 2. The van der Waals surface area contributed by atoms with Gasteiger partial charge in [0.1, 0.15) is 29.4 Å². The molecular weight excluding hydrogens is 499 g/mol. The number of ether oxygens (including phenoxy) is 1. The van der Waals surface area contributed by atoms with Crippen molar-refractivity contribution in [2.24, 2.45) is 0 Å². The number of hydrogen-bond acceptors (Lipinski definition) is 5. The number of aliphatic hydroxyl groups is 1. The number of rotatable bonds is 6. The molecule has 4 N–H and O–H groups in total. The summed E-state index contributed by atoms with van der Waals surface area (Å²) in [5.41, 5.74) is 1.70. The van der Waals surface area contributed by atoms with Gasteiger partial charge < -0.3 is 24.9 Å². The van der Waals surface area contributed by atoms with Crippen molar-refractivity contribution in [3.63, 3.8) is 0 Å². The summed E-state index contributed by atoms with van der Waals surface area (Å²) in [6, 6.07) is 12.9. The Bertz CT molecular complexity index is 1280. The topological polar surface area (TPSA) is 116 Å². The van der Waals surface area contributed by atoms with Crippen molar-refractivity contribution in [1.82, 2.24) is 19.5 Å². The Kier molecular flexibility index (Phi) is 4.58. The van der Waals surface area contributed by atoms with E-state index >= 15 is 0 Å². The fraction of sp³-hybridized carbons (Fsp3) is 0.238. The van der Waals surface area contributed by atoms with Crippen molar-refractivity contribution in [3.05, 3.63) is 62.3 Å². The number of imidazole rings is 2. The molecule has 0 unspecified atom stereocenters. The number of aromatic nitrogens is 4. The van der Waals surface area contributed by atoms with Gasteiger partial charge in [-0.2, -0.15) is 0 Å². The third-order valence-electron chi connectivity index (χ3n) is 5.41. The van der Waals surface area contributed by atoms with Crippen LogP contribution >= 0.6 is 22.6 Å². The van der Waals surface area contributed by atoms with E-state index in [0.29, 0.717) is 35.7 Å². The van der Waals surface area contributed by atoms with E-state index in [9.17, 15) is 9.90 Å². The zero-order valence-corrected chi connectivity index (χ0v) is 18.0. The van der Waals surface area contributed by atoms with Crippen LogP contribution in [0.2, 0.25) is 0 Å². The van der Waals surface area contributed by atoms with Crippen LogP contribution in [-0.2, 0) is 5.54 Å². The summed E-state index contributed by atoms with van der Waals surface area (Å²) >= 11 is 2.25. The molecule has 0 spiro atoms. The Labute approximate surface area is 184 Å². The third-order valence-corrected chi connectivity index (χ3v) is 6.08. The molecule has 0 aliphatic heterocycles. The Morgan fingerprint density at radius 2 is 1.93 bits per heavy atom. The van der Waals surface area contributed by atoms with Crippen molar-refractivity contribution in [3.8, 4) is 22.9 Å². The van der Waals surface area contributed by atoms with Gasteiger partial charge in [-0.15, -0.1) is 0 Å². The van der Waals surface area contributed by atoms with Crippen LogP contribution in [0.1, 0.15) is 18.7 Å². The van der Waals surface area contributed by atoms with Crippen LogP contribution in [0.15, 0.2) is 47.3 Å². The second kappa shape index (κ2) is 7.17. The van der Waals surface area contributed by atoms with Crippen LogP contribution in [-0.4, -0.2) is 42.9 Å². The molecule has 30 heavy (non-hydrogen) atoms. The highest BCUT2D eigenvalue weighted by atomic mass is 127. The number of hydrogen-bond donors (Lipinski definition) is 4. The van der Waals surface area contributed by atoms with Gasteiger partial charge in [-0.05, 0) is 77.9 Å². The molecule has 8 nitrogen and oxygen atoms in total. The Morgan fingerprint density at radius 1 is 1.17 bits per heavy atom. The second-order valence-electron chi connectivity index (χ2n) is 7.34. The molecule has 0 amide bonds. The van der Waals surface area contributed by atoms with Crippen LogP contribution in [0.3, 0.4) is 0 Å². The highest BCUT2D eigenvalue weighted by molar-refractivity contribution is 14.1. The lowest BCUT2D eigenvalue weighted by Gasteiger charge is -2.14. The predicted octanol–water partition coefficient (Wildman–Crippen LogP) is 2.94. The van der Waals surface area contributed by atoms with Gasteiger partial charge in [0, 0.05) is 9.13 Å². The maximum Gasteiger partial charge on any atom is 0.329 e. The number of aliphatic hydroxyl groups excluding tert-OH is 1. The minimum atomic E-state index is -0.676. The van der Waals surface area contributed by atoms with Crippen molar-refractivity contribution in [2.45, 2.75) is 18.4 Å². The zero-order chi connectivity index (χ0) is 20.9. The lowest BCUT2D eigenvalue weighted by molar-refractivity contribution is 0.201. The van der Waals surface area contributed by atoms with Gasteiger partial charge in [-0.25, -0.2) is 14.3 Å². The number of aromatic hydroxyl groups is 1. The maximum atomic E-state index is 12.8. The summed E-state index contributed by atoms with van der Waals surface area (Å²) in [6.07, 6.45) is 1.42. The van der Waals surface area contributed by atoms with Crippen LogP contribution in [0.25, 0.3) is 22.3 Å². The van der Waals surface area contributed by atoms with E-state index in [2.05, 4.69) is 37.5 Å². The summed E-state index contributed by atoms with van der Waals surface area (Å²) in [7, 11) is 0. The van der Waals surface area contributed by atoms with Crippen molar-refractivity contribution >= 4 is 33.6 Å². The van der Waals surface area contributed by atoms with Crippen LogP contribution < -0.4 is 10.4 Å². The van der Waals surface area contributed by atoms with E-state index in [1.54, 1.807) is 24.3 Å². The smallest absolute Gasteiger partial charge is 0.329 e. The van der Waals surface area contributed by atoms with E-state index in [1.807, 2.05) is 18.2 Å². The van der Waals surface area contributed by atoms with Gasteiger partial charge in [0.05, 0.1) is 17.6 Å². The fourth-order valence-corrected chi connectivity index (χ4v) is 4.28. The largest absolute Gasteiger partial charge is 0.493 e. The molecule has 154 valence electrons. The number of H-pyrrole nitrogens is 2. The predicted molar refractivity (Wildman–Crippen MR) is 120 cm³/mol. The number of nitrogens with one attached hydrogen (secondary N) is 2. The van der Waals surface area contributed by atoms with Gasteiger partial charge in [-0.1, -0.05) is 0 Å². The molecule has 1 saturated carbocycles. The fourth-order valence-electron chi connectivity index (χ4n) is 3.79. The molecular formula is C21H19IN4O4. The molecule has 2 aromatic heterocycles. The summed E-state index contributed by atoms with van der Waals surface area (Å²) < 4.78 is 7.86. The van der Waals surface area contributed by atoms with Gasteiger partial charge in [-0.3, -0.25) is 0 Å². The summed E-state index contributed by atoms with van der Waals surface area (Å²) in [5.74, 6) is 1.16. The lowest BCUT2D eigenvalue weighted by atomic mass is 10.1. The normalized spacial score (nSPS) is 14.9. The molecule has 9 heteroatoms. The number of halogens is 1. The molecule has 1 aliphatic rings. The summed E-state index contributed by atoms with van der Waals surface area (Å²) in [5, 5.41) is 19.8. The van der Waals surface area contributed by atoms with Crippen LogP contribution in [0, 0.1) is 3.57 Å². The van der Waals surface area contributed by atoms with E-state index in [4.69, 9.17) is 9.84 Å². The lowest BCUT2D eigenvalue weighted by Crippen LogP contribution is -2.30. The third kappa shape index (κ3) is 3.08. The molecule has 2 heterocycles. The quantitative estimate of drug-likeness (QED) is 0.293. The van der Waals surface area contributed by atoms with Crippen molar-refractivity contribution < 1.29 is 14.9 Å². The van der Waals surface area contributed by atoms with Gasteiger partial charge in [0.15, 0.2) is 0 Å². The minimum absolute atomic E-state index is 0.0677. The Balaban J connectivity index is 1.54. The molecule has 2 aromatic carbocycles. The van der Waals surface area contributed by atoms with Gasteiger partial charge >= 0.3 is 5.69 Å². The molecule has 0 radical (unpaired) electrons. The van der Waals surface area contributed by atoms with E-state index < -0.39 is 5.54 Å². The molecule has 4 aromatic rings. The average molecular weight is 518 g/mol. The molecule has 0 bridgehead atoms. The zero-order valence-electron chi connectivity index (χ0n) is 15.9. The summed E-state index contributed by atoms with van der Waals surface area (Å²) in [6.45, 7) is 0.138. The van der Waals surface area contributed by atoms with Gasteiger partial charge in [0.25, 0.3) is 0 Å². The SMILES string of the molecule is O=c1[nH]c(-c2ccc(OCCO)cc2)c(O)n1C1(c2nc3ccc(I)cc3[nH]2)CC1.